The number of ether oxygens (including phenoxy) is 2. The Bertz CT molecular complexity index is 470. The van der Waals surface area contributed by atoms with Crippen LogP contribution >= 0.6 is 0 Å². The normalized spacial score (nSPS) is 15.9. The molecule has 4 nitrogen and oxygen atoms in total. The van der Waals surface area contributed by atoms with Gasteiger partial charge in [0.25, 0.3) is 0 Å². The van der Waals surface area contributed by atoms with Crippen LogP contribution in [0.5, 0.6) is 11.5 Å². The third kappa shape index (κ3) is 2.74. The summed E-state index contributed by atoms with van der Waals surface area (Å²) in [5, 5.41) is 0. The monoisotopic (exact) mass is 275 g/mol. The number of amides is 1. The van der Waals surface area contributed by atoms with E-state index in [0.29, 0.717) is 19.5 Å². The van der Waals surface area contributed by atoms with Crippen molar-refractivity contribution in [2.45, 2.75) is 12.3 Å². The van der Waals surface area contributed by atoms with Crippen molar-refractivity contribution in [2.24, 2.45) is 0 Å². The van der Waals surface area contributed by atoms with Crippen LogP contribution in [0.4, 0.5) is 13.2 Å². The minimum Gasteiger partial charge on any atom is -0.492 e. The maximum Gasteiger partial charge on any atom is 0.420 e. The van der Waals surface area contributed by atoms with E-state index in [1.165, 1.54) is 17.0 Å². The van der Waals surface area contributed by atoms with Gasteiger partial charge in [-0.3, -0.25) is 4.79 Å². The zero-order valence-electron chi connectivity index (χ0n) is 10.1. The summed E-state index contributed by atoms with van der Waals surface area (Å²) in [6.07, 6.45) is -4.13. The van der Waals surface area contributed by atoms with Gasteiger partial charge in [0.1, 0.15) is 11.7 Å². The highest BCUT2D eigenvalue weighted by Gasteiger charge is 2.36. The molecule has 1 heterocycles. The minimum atomic E-state index is -4.50. The fourth-order valence-corrected chi connectivity index (χ4v) is 1.85. The van der Waals surface area contributed by atoms with Gasteiger partial charge in [0.05, 0.1) is 20.2 Å². The molecule has 1 aliphatic rings. The lowest BCUT2D eigenvalue weighted by atomic mass is 10.1. The van der Waals surface area contributed by atoms with E-state index in [9.17, 15) is 18.0 Å². The summed E-state index contributed by atoms with van der Waals surface area (Å²) in [4.78, 5) is 11.9. The Hall–Kier alpha value is -1.92. The molecule has 0 spiro atoms. The van der Waals surface area contributed by atoms with Gasteiger partial charge in [0.2, 0.25) is 6.41 Å². The lowest BCUT2D eigenvalue weighted by Crippen LogP contribution is -2.52. The SMILES string of the molecule is COc1c(OC2CN(C=O)C2)cccc1C(F)(F)F. The number of carbonyl (C=O) groups is 1. The molecule has 0 unspecified atom stereocenters. The molecule has 0 atom stereocenters. The Labute approximate surface area is 107 Å². The third-order valence-corrected chi connectivity index (χ3v) is 2.81. The van der Waals surface area contributed by atoms with Crippen molar-refractivity contribution in [3.8, 4) is 11.5 Å². The summed E-state index contributed by atoms with van der Waals surface area (Å²) >= 11 is 0. The molecule has 7 heteroatoms. The van der Waals surface area contributed by atoms with E-state index in [2.05, 4.69) is 0 Å². The molecule has 0 saturated carbocycles. The van der Waals surface area contributed by atoms with Crippen molar-refractivity contribution in [3.05, 3.63) is 23.8 Å². The summed E-state index contributed by atoms with van der Waals surface area (Å²) < 4.78 is 48.5. The maximum absolute atomic E-state index is 12.8. The quantitative estimate of drug-likeness (QED) is 0.788. The molecule has 2 rings (SSSR count). The zero-order valence-corrected chi connectivity index (χ0v) is 10.1. The predicted molar refractivity (Wildman–Crippen MR) is 60.0 cm³/mol. The molecule has 1 aromatic carbocycles. The fraction of sp³-hybridized carbons (Fsp3) is 0.417. The van der Waals surface area contributed by atoms with Crippen LogP contribution in [0.1, 0.15) is 5.56 Å². The highest BCUT2D eigenvalue weighted by molar-refractivity contribution is 5.50. The maximum atomic E-state index is 12.8. The molecular weight excluding hydrogens is 263 g/mol. The van der Waals surface area contributed by atoms with Crippen molar-refractivity contribution in [1.82, 2.24) is 4.90 Å². The van der Waals surface area contributed by atoms with E-state index >= 15 is 0 Å². The second-order valence-corrected chi connectivity index (χ2v) is 4.13. The van der Waals surface area contributed by atoms with Crippen LogP contribution < -0.4 is 9.47 Å². The lowest BCUT2D eigenvalue weighted by molar-refractivity contribution is -0.139. The van der Waals surface area contributed by atoms with Crippen molar-refractivity contribution in [2.75, 3.05) is 20.2 Å². The topological polar surface area (TPSA) is 38.8 Å². The van der Waals surface area contributed by atoms with Crippen LogP contribution in [0.3, 0.4) is 0 Å². The first kappa shape index (κ1) is 13.5. The molecular formula is C12H12F3NO3. The summed E-state index contributed by atoms with van der Waals surface area (Å²) in [6.45, 7) is 0.728. The Morgan fingerprint density at radius 1 is 1.37 bits per heavy atom. The van der Waals surface area contributed by atoms with Gasteiger partial charge in [0.15, 0.2) is 11.5 Å². The van der Waals surface area contributed by atoms with Crippen molar-refractivity contribution < 1.29 is 27.4 Å². The molecule has 1 amide bonds. The van der Waals surface area contributed by atoms with Crippen LogP contribution in [-0.4, -0.2) is 37.6 Å². The number of para-hydroxylation sites is 1. The molecule has 1 fully saturated rings. The standard InChI is InChI=1S/C12H12F3NO3/c1-18-11-9(12(13,14)15)3-2-4-10(11)19-8-5-16(6-8)7-17/h2-4,7-8H,5-6H2,1H3. The predicted octanol–water partition coefficient (Wildman–Crippen LogP) is 1.93. The van der Waals surface area contributed by atoms with Gasteiger partial charge >= 0.3 is 6.18 Å². The van der Waals surface area contributed by atoms with Gasteiger partial charge in [-0.15, -0.1) is 0 Å². The van der Waals surface area contributed by atoms with Crippen LogP contribution in [0, 0.1) is 0 Å². The second kappa shape index (κ2) is 4.99. The summed E-state index contributed by atoms with van der Waals surface area (Å²) in [6, 6.07) is 3.61. The Kier molecular flexibility index (Phi) is 3.55. The number of nitrogens with zero attached hydrogens (tertiary/aromatic N) is 1. The van der Waals surface area contributed by atoms with Crippen molar-refractivity contribution in [1.29, 1.82) is 0 Å². The fourth-order valence-electron chi connectivity index (χ4n) is 1.85. The van der Waals surface area contributed by atoms with Gasteiger partial charge < -0.3 is 14.4 Å². The van der Waals surface area contributed by atoms with Crippen LogP contribution in [0.2, 0.25) is 0 Å². The third-order valence-electron chi connectivity index (χ3n) is 2.81. The van der Waals surface area contributed by atoms with Gasteiger partial charge in [-0.2, -0.15) is 13.2 Å². The second-order valence-electron chi connectivity index (χ2n) is 4.13. The molecule has 0 N–H and O–H groups in total. The molecule has 0 bridgehead atoms. The highest BCUT2D eigenvalue weighted by atomic mass is 19.4. The molecule has 1 aromatic rings. The summed E-state index contributed by atoms with van der Waals surface area (Å²) in [5.41, 5.74) is -0.876. The number of hydrogen-bond donors (Lipinski definition) is 0. The number of benzene rings is 1. The smallest absolute Gasteiger partial charge is 0.420 e. The van der Waals surface area contributed by atoms with Crippen molar-refractivity contribution in [3.63, 3.8) is 0 Å². The average Bonchev–Trinajstić information content (AvgIpc) is 2.31. The van der Waals surface area contributed by atoms with E-state index < -0.39 is 11.7 Å². The molecule has 0 aromatic heterocycles. The Balaban J connectivity index is 2.19. The number of hydrogen-bond acceptors (Lipinski definition) is 3. The van der Waals surface area contributed by atoms with Gasteiger partial charge in [-0.25, -0.2) is 0 Å². The van der Waals surface area contributed by atoms with E-state index in [0.717, 1.165) is 13.2 Å². The molecule has 0 radical (unpaired) electrons. The number of methoxy groups -OCH3 is 1. The number of rotatable bonds is 4. The number of likely N-dealkylation sites (tertiary alicyclic amines) is 1. The average molecular weight is 275 g/mol. The molecule has 1 aliphatic heterocycles. The first-order valence-corrected chi connectivity index (χ1v) is 5.56. The number of carbonyl (C=O) groups excluding carboxylic acids is 1. The van der Waals surface area contributed by atoms with E-state index in [1.54, 1.807) is 0 Å². The first-order chi connectivity index (χ1) is 8.95. The van der Waals surface area contributed by atoms with E-state index in [4.69, 9.17) is 9.47 Å². The van der Waals surface area contributed by atoms with Gasteiger partial charge in [-0.05, 0) is 12.1 Å². The van der Waals surface area contributed by atoms with Crippen LogP contribution in [0.25, 0.3) is 0 Å². The first-order valence-electron chi connectivity index (χ1n) is 5.56. The summed E-state index contributed by atoms with van der Waals surface area (Å²) in [5.74, 6) is -0.299. The zero-order chi connectivity index (χ0) is 14.0. The molecule has 0 aliphatic carbocycles. The van der Waals surface area contributed by atoms with Crippen molar-refractivity contribution >= 4 is 6.41 Å². The summed E-state index contributed by atoms with van der Waals surface area (Å²) in [7, 11) is 1.16. The molecule has 1 saturated heterocycles. The minimum absolute atomic E-state index is 0.0351. The number of halogens is 3. The van der Waals surface area contributed by atoms with E-state index in [1.807, 2.05) is 0 Å². The Morgan fingerprint density at radius 2 is 2.05 bits per heavy atom. The van der Waals surface area contributed by atoms with E-state index in [-0.39, 0.29) is 17.6 Å². The molecule has 104 valence electrons. The highest BCUT2D eigenvalue weighted by Crippen LogP contribution is 2.41. The van der Waals surface area contributed by atoms with Gasteiger partial charge in [0, 0.05) is 0 Å². The van der Waals surface area contributed by atoms with Crippen LogP contribution in [0.15, 0.2) is 18.2 Å². The van der Waals surface area contributed by atoms with Crippen LogP contribution in [-0.2, 0) is 11.0 Å². The molecule has 19 heavy (non-hydrogen) atoms. The number of alkyl halides is 3. The van der Waals surface area contributed by atoms with Gasteiger partial charge in [-0.1, -0.05) is 6.07 Å². The largest absolute Gasteiger partial charge is 0.492 e. The lowest BCUT2D eigenvalue weighted by Gasteiger charge is -2.36. The Morgan fingerprint density at radius 3 is 2.58 bits per heavy atom.